The molecule has 0 N–H and O–H groups in total. The molecule has 5 rings (SSSR count). The number of ether oxygens (including phenoxy) is 2. The summed E-state index contributed by atoms with van der Waals surface area (Å²) in [5.41, 5.74) is 2.38. The molecular formula is C34H40O5. The normalized spacial score (nSPS) is 28.3. The molecule has 0 unspecified atom stereocenters. The van der Waals surface area contributed by atoms with Gasteiger partial charge in [0, 0.05) is 5.41 Å². The molecule has 3 aromatic rings. The number of fused-ring (bicyclic) bond motifs is 1. The second kappa shape index (κ2) is 11.8. The summed E-state index contributed by atoms with van der Waals surface area (Å²) in [7, 11) is 0. The molecule has 5 atom stereocenters. The Hall–Kier alpha value is -3.34. The zero-order chi connectivity index (χ0) is 27.3. The van der Waals surface area contributed by atoms with Gasteiger partial charge in [0.15, 0.2) is 0 Å². The lowest BCUT2D eigenvalue weighted by atomic mass is 9.45. The predicted molar refractivity (Wildman–Crippen MR) is 150 cm³/mol. The van der Waals surface area contributed by atoms with Gasteiger partial charge in [-0.1, -0.05) is 56.7 Å². The Morgan fingerprint density at radius 2 is 1.54 bits per heavy atom. The number of carbonyl (C=O) groups excluding carboxylic acids is 2. The summed E-state index contributed by atoms with van der Waals surface area (Å²) in [6, 6.07) is 20.5. The van der Waals surface area contributed by atoms with Crippen LogP contribution in [-0.4, -0.2) is 25.2 Å². The first kappa shape index (κ1) is 27.2. The van der Waals surface area contributed by atoms with Crippen molar-refractivity contribution < 1.29 is 23.5 Å². The molecule has 0 bridgehead atoms. The smallest absolute Gasteiger partial charge is 0.338 e. The number of hydrogen-bond acceptors (Lipinski definition) is 5. The van der Waals surface area contributed by atoms with Crippen molar-refractivity contribution in [3.8, 4) is 0 Å². The van der Waals surface area contributed by atoms with Crippen molar-refractivity contribution in [2.45, 2.75) is 58.8 Å². The van der Waals surface area contributed by atoms with Crippen LogP contribution in [0, 0.1) is 28.6 Å². The highest BCUT2D eigenvalue weighted by Crippen LogP contribution is 2.62. The van der Waals surface area contributed by atoms with E-state index in [1.54, 1.807) is 18.4 Å². The summed E-state index contributed by atoms with van der Waals surface area (Å²) in [6.45, 7) is 5.63. The molecule has 5 nitrogen and oxygen atoms in total. The molecule has 0 amide bonds. The average Bonchev–Trinajstić information content (AvgIpc) is 3.48. The minimum atomic E-state index is -0.252. The first-order valence-corrected chi connectivity index (χ1v) is 14.3. The first-order valence-electron chi connectivity index (χ1n) is 14.3. The van der Waals surface area contributed by atoms with Gasteiger partial charge < -0.3 is 13.9 Å². The third-order valence-corrected chi connectivity index (χ3v) is 9.65. The van der Waals surface area contributed by atoms with Gasteiger partial charge in [-0.15, -0.1) is 0 Å². The Morgan fingerprint density at radius 3 is 2.18 bits per heavy atom. The maximum atomic E-state index is 12.8. The number of hydrogen-bond donors (Lipinski definition) is 0. The fourth-order valence-corrected chi connectivity index (χ4v) is 7.68. The van der Waals surface area contributed by atoms with Crippen molar-refractivity contribution >= 4 is 11.9 Å². The van der Waals surface area contributed by atoms with Crippen molar-refractivity contribution in [2.75, 3.05) is 13.2 Å². The molecule has 2 aliphatic carbocycles. The highest BCUT2D eigenvalue weighted by Gasteiger charge is 2.56. The maximum absolute atomic E-state index is 12.8. The van der Waals surface area contributed by atoms with Crippen molar-refractivity contribution in [3.63, 3.8) is 0 Å². The van der Waals surface area contributed by atoms with E-state index < -0.39 is 0 Å². The summed E-state index contributed by atoms with van der Waals surface area (Å²) in [6.07, 6.45) is 10.9. The van der Waals surface area contributed by atoms with E-state index in [0.29, 0.717) is 42.1 Å². The first-order chi connectivity index (χ1) is 18.9. The SMILES string of the molecule is C[C@@]1(COC(=O)c2ccccc2)CCC[C@]2(C)[C@@H]1CC[C@@H](COC(=O)c1ccccc1)[C@@H]2CCc1ccoc1. The fraction of sp³-hybridized carbons (Fsp3) is 0.471. The molecule has 0 aliphatic heterocycles. The van der Waals surface area contributed by atoms with Gasteiger partial charge in [-0.25, -0.2) is 9.59 Å². The van der Waals surface area contributed by atoms with E-state index in [-0.39, 0.29) is 22.8 Å². The van der Waals surface area contributed by atoms with Crippen molar-refractivity contribution in [2.24, 2.45) is 28.6 Å². The zero-order valence-electron chi connectivity index (χ0n) is 23.1. The molecule has 0 radical (unpaired) electrons. The van der Waals surface area contributed by atoms with Crippen LogP contribution in [-0.2, 0) is 15.9 Å². The molecule has 2 aliphatic rings. The standard InChI is InChI=1S/C34H40O5/c1-33(24-39-32(36)27-12-7-4-8-13-27)19-9-20-34(2)29(16-14-25-18-21-37-22-25)28(15-17-30(33)34)23-38-31(35)26-10-5-3-6-11-26/h3-8,10-13,18,21-22,28-30H,9,14-17,19-20,23-24H2,1-2H3/t28-,29-,30+,33-,34-/m0/s1. The molecular weight excluding hydrogens is 488 g/mol. The molecule has 2 aromatic carbocycles. The van der Waals surface area contributed by atoms with E-state index in [4.69, 9.17) is 13.9 Å². The van der Waals surface area contributed by atoms with Gasteiger partial charge in [-0.05, 0) is 97.6 Å². The summed E-state index contributed by atoms with van der Waals surface area (Å²) >= 11 is 0. The number of carbonyl (C=O) groups is 2. The van der Waals surface area contributed by atoms with E-state index in [1.807, 2.05) is 60.9 Å². The van der Waals surface area contributed by atoms with Crippen molar-refractivity contribution in [1.82, 2.24) is 0 Å². The Bertz CT molecular complexity index is 1220. The van der Waals surface area contributed by atoms with Gasteiger partial charge in [0.05, 0.1) is 36.9 Å². The fourth-order valence-electron chi connectivity index (χ4n) is 7.68. The van der Waals surface area contributed by atoms with Crippen molar-refractivity contribution in [1.29, 1.82) is 0 Å². The zero-order valence-corrected chi connectivity index (χ0v) is 23.1. The second-order valence-corrected chi connectivity index (χ2v) is 12.1. The maximum Gasteiger partial charge on any atom is 0.338 e. The highest BCUT2D eigenvalue weighted by atomic mass is 16.5. The lowest BCUT2D eigenvalue weighted by Gasteiger charge is -2.60. The monoisotopic (exact) mass is 528 g/mol. The lowest BCUT2D eigenvalue weighted by Crippen LogP contribution is -2.54. The molecule has 5 heteroatoms. The average molecular weight is 529 g/mol. The van der Waals surface area contributed by atoms with E-state index >= 15 is 0 Å². The number of aryl methyl sites for hydroxylation is 1. The van der Waals surface area contributed by atoms with Crippen LogP contribution < -0.4 is 0 Å². The van der Waals surface area contributed by atoms with Gasteiger partial charge in [0.25, 0.3) is 0 Å². The summed E-state index contributed by atoms with van der Waals surface area (Å²) < 4.78 is 17.2. The Labute approximate surface area is 231 Å². The molecule has 0 spiro atoms. The molecule has 2 saturated carbocycles. The van der Waals surface area contributed by atoms with Crippen LogP contribution in [0.5, 0.6) is 0 Å². The van der Waals surface area contributed by atoms with Crippen LogP contribution in [0.2, 0.25) is 0 Å². The second-order valence-electron chi connectivity index (χ2n) is 12.1. The third-order valence-electron chi connectivity index (χ3n) is 9.65. The van der Waals surface area contributed by atoms with Gasteiger partial charge in [0.2, 0.25) is 0 Å². The molecule has 2 fully saturated rings. The third kappa shape index (κ3) is 5.98. The van der Waals surface area contributed by atoms with Crippen LogP contribution in [0.15, 0.2) is 83.7 Å². The summed E-state index contributed by atoms with van der Waals surface area (Å²) in [4.78, 5) is 25.6. The van der Waals surface area contributed by atoms with Crippen LogP contribution in [0.1, 0.15) is 78.7 Å². The molecule has 39 heavy (non-hydrogen) atoms. The minimum Gasteiger partial charge on any atom is -0.472 e. The predicted octanol–water partition coefficient (Wildman–Crippen LogP) is 7.77. The molecule has 0 saturated heterocycles. The van der Waals surface area contributed by atoms with Crippen molar-refractivity contribution in [3.05, 3.63) is 95.9 Å². The largest absolute Gasteiger partial charge is 0.472 e. The van der Waals surface area contributed by atoms with Gasteiger partial charge in [-0.2, -0.15) is 0 Å². The summed E-state index contributed by atoms with van der Waals surface area (Å²) in [5.74, 6) is 0.608. The quantitative estimate of drug-likeness (QED) is 0.266. The molecule has 1 heterocycles. The number of rotatable bonds is 9. The Morgan fingerprint density at radius 1 is 0.872 bits per heavy atom. The Kier molecular flexibility index (Phi) is 8.25. The molecule has 206 valence electrons. The van der Waals surface area contributed by atoms with Crippen LogP contribution in [0.3, 0.4) is 0 Å². The van der Waals surface area contributed by atoms with Gasteiger partial charge >= 0.3 is 11.9 Å². The number of furan rings is 1. The summed E-state index contributed by atoms with van der Waals surface area (Å²) in [5, 5.41) is 0. The van der Waals surface area contributed by atoms with Crippen LogP contribution in [0.4, 0.5) is 0 Å². The number of esters is 2. The van der Waals surface area contributed by atoms with Gasteiger partial charge in [0.1, 0.15) is 0 Å². The Balaban J connectivity index is 1.33. The van der Waals surface area contributed by atoms with E-state index in [2.05, 4.69) is 13.8 Å². The van der Waals surface area contributed by atoms with E-state index in [0.717, 1.165) is 44.9 Å². The number of benzene rings is 2. The van der Waals surface area contributed by atoms with Crippen LogP contribution in [0.25, 0.3) is 0 Å². The van der Waals surface area contributed by atoms with E-state index in [1.165, 1.54) is 5.56 Å². The lowest BCUT2D eigenvalue weighted by molar-refractivity contribution is -0.130. The van der Waals surface area contributed by atoms with Crippen LogP contribution >= 0.6 is 0 Å². The minimum absolute atomic E-state index is 0.0674. The molecule has 1 aromatic heterocycles. The van der Waals surface area contributed by atoms with E-state index in [9.17, 15) is 9.59 Å². The van der Waals surface area contributed by atoms with Gasteiger partial charge in [-0.3, -0.25) is 0 Å². The highest BCUT2D eigenvalue weighted by molar-refractivity contribution is 5.89. The topological polar surface area (TPSA) is 65.7 Å².